The minimum atomic E-state index is 0.149. The lowest BCUT2D eigenvalue weighted by molar-refractivity contribution is 0.592. The Labute approximate surface area is 97.3 Å². The van der Waals surface area contributed by atoms with Gasteiger partial charge in [0.05, 0.1) is 11.9 Å². The van der Waals surface area contributed by atoms with Crippen LogP contribution in [0.3, 0.4) is 0 Å². The Bertz CT molecular complexity index is 627. The van der Waals surface area contributed by atoms with Crippen LogP contribution < -0.4 is 5.73 Å². The fourth-order valence-electron chi connectivity index (χ4n) is 1.62. The molecule has 2 aromatic heterocycles. The van der Waals surface area contributed by atoms with E-state index in [0.717, 1.165) is 17.0 Å². The summed E-state index contributed by atoms with van der Waals surface area (Å²) in [7, 11) is 0. The molecule has 0 unspecified atom stereocenters. The molecule has 3 N–H and O–H groups in total. The van der Waals surface area contributed by atoms with Crippen molar-refractivity contribution >= 4 is 6.01 Å². The highest BCUT2D eigenvalue weighted by Gasteiger charge is 2.09. The molecule has 1 aromatic carbocycles. The van der Waals surface area contributed by atoms with Crippen molar-refractivity contribution in [1.29, 1.82) is 0 Å². The smallest absolute Gasteiger partial charge is 0.292 e. The number of hydrogen-bond acceptors (Lipinski definition) is 4. The number of aromatic amines is 1. The molecule has 0 atom stereocenters. The van der Waals surface area contributed by atoms with E-state index in [0.29, 0.717) is 5.76 Å². The molecular weight excluding hydrogens is 216 g/mol. The summed E-state index contributed by atoms with van der Waals surface area (Å²) in [5.74, 6) is 0.581. The lowest BCUT2D eigenvalue weighted by atomic mass is 10.1. The lowest BCUT2D eigenvalue weighted by Crippen LogP contribution is -1.80. The largest absolute Gasteiger partial charge is 0.422 e. The van der Waals surface area contributed by atoms with Crippen molar-refractivity contribution in [3.05, 3.63) is 42.6 Å². The Hall–Kier alpha value is -2.56. The molecule has 0 aliphatic carbocycles. The molecule has 0 radical (unpaired) electrons. The summed E-state index contributed by atoms with van der Waals surface area (Å²) < 4.78 is 5.21. The van der Waals surface area contributed by atoms with E-state index in [9.17, 15) is 0 Å². The second kappa shape index (κ2) is 3.79. The highest BCUT2D eigenvalue weighted by molar-refractivity contribution is 5.65. The number of benzene rings is 1. The summed E-state index contributed by atoms with van der Waals surface area (Å²) in [4.78, 5) is 3.84. The van der Waals surface area contributed by atoms with Crippen LogP contribution in [0.5, 0.6) is 0 Å². The van der Waals surface area contributed by atoms with E-state index >= 15 is 0 Å². The van der Waals surface area contributed by atoms with Crippen LogP contribution in [-0.4, -0.2) is 15.2 Å². The Kier molecular flexibility index (Phi) is 2.15. The number of aromatic nitrogens is 3. The molecule has 3 aromatic rings. The van der Waals surface area contributed by atoms with E-state index < -0.39 is 0 Å². The van der Waals surface area contributed by atoms with Gasteiger partial charge in [-0.2, -0.15) is 5.10 Å². The van der Waals surface area contributed by atoms with Gasteiger partial charge in [-0.3, -0.25) is 5.10 Å². The molecule has 0 aliphatic rings. The van der Waals surface area contributed by atoms with Crippen LogP contribution >= 0.6 is 0 Å². The van der Waals surface area contributed by atoms with Gasteiger partial charge in [-0.1, -0.05) is 30.3 Å². The van der Waals surface area contributed by atoms with Crippen LogP contribution in [0, 0.1) is 0 Å². The van der Waals surface area contributed by atoms with Gasteiger partial charge < -0.3 is 10.2 Å². The van der Waals surface area contributed by atoms with Crippen molar-refractivity contribution in [3.63, 3.8) is 0 Å². The zero-order valence-corrected chi connectivity index (χ0v) is 8.92. The van der Waals surface area contributed by atoms with Crippen molar-refractivity contribution in [2.45, 2.75) is 0 Å². The van der Waals surface area contributed by atoms with Crippen molar-refractivity contribution < 1.29 is 4.42 Å². The van der Waals surface area contributed by atoms with Crippen LogP contribution in [0.4, 0.5) is 6.01 Å². The Balaban J connectivity index is 1.99. The number of hydrogen-bond donors (Lipinski definition) is 2. The molecule has 0 fully saturated rings. The molecule has 17 heavy (non-hydrogen) atoms. The van der Waals surface area contributed by atoms with Crippen molar-refractivity contribution in [2.75, 3.05) is 5.73 Å². The first-order chi connectivity index (χ1) is 8.33. The summed E-state index contributed by atoms with van der Waals surface area (Å²) in [6.07, 6.45) is 1.57. The summed E-state index contributed by atoms with van der Waals surface area (Å²) in [5, 5.41) is 7.11. The average molecular weight is 226 g/mol. The topological polar surface area (TPSA) is 80.7 Å². The van der Waals surface area contributed by atoms with E-state index in [1.807, 2.05) is 36.4 Å². The number of nitrogens with one attached hydrogen (secondary N) is 1. The van der Waals surface area contributed by atoms with E-state index in [2.05, 4.69) is 15.2 Å². The molecule has 5 nitrogen and oxygen atoms in total. The van der Waals surface area contributed by atoms with E-state index in [4.69, 9.17) is 10.2 Å². The quantitative estimate of drug-likeness (QED) is 0.702. The van der Waals surface area contributed by atoms with Gasteiger partial charge in [0, 0.05) is 5.56 Å². The van der Waals surface area contributed by atoms with Gasteiger partial charge in [0.2, 0.25) is 0 Å². The number of nitrogens with zero attached hydrogens (tertiary/aromatic N) is 2. The van der Waals surface area contributed by atoms with E-state index in [-0.39, 0.29) is 6.01 Å². The van der Waals surface area contributed by atoms with Gasteiger partial charge in [-0.15, -0.1) is 0 Å². The predicted molar refractivity (Wildman–Crippen MR) is 63.9 cm³/mol. The second-order valence-electron chi connectivity index (χ2n) is 3.60. The zero-order chi connectivity index (χ0) is 11.7. The van der Waals surface area contributed by atoms with Crippen LogP contribution in [0.25, 0.3) is 22.7 Å². The van der Waals surface area contributed by atoms with Gasteiger partial charge in [-0.25, -0.2) is 4.98 Å². The first-order valence-electron chi connectivity index (χ1n) is 5.15. The molecule has 5 heteroatoms. The molecule has 2 heterocycles. The first-order valence-corrected chi connectivity index (χ1v) is 5.15. The number of nitrogen functional groups attached to an aromatic ring is 1. The summed E-state index contributed by atoms with van der Waals surface area (Å²) >= 11 is 0. The van der Waals surface area contributed by atoms with Crippen LogP contribution in [-0.2, 0) is 0 Å². The molecule has 0 aliphatic heterocycles. The van der Waals surface area contributed by atoms with Crippen LogP contribution in [0.2, 0.25) is 0 Å². The predicted octanol–water partition coefficient (Wildman–Crippen LogP) is 2.31. The van der Waals surface area contributed by atoms with Gasteiger partial charge in [0.15, 0.2) is 5.76 Å². The molecule has 0 saturated heterocycles. The maximum absolute atomic E-state index is 5.42. The molecular formula is C12H10N4O. The van der Waals surface area contributed by atoms with Gasteiger partial charge in [0.1, 0.15) is 5.69 Å². The maximum atomic E-state index is 5.42. The molecule has 0 bridgehead atoms. The minimum Gasteiger partial charge on any atom is -0.422 e. The fraction of sp³-hybridized carbons (Fsp3) is 0. The van der Waals surface area contributed by atoms with Crippen LogP contribution in [0.1, 0.15) is 0 Å². The highest BCUT2D eigenvalue weighted by atomic mass is 16.4. The molecule has 0 spiro atoms. The Morgan fingerprint density at radius 1 is 1.18 bits per heavy atom. The Morgan fingerprint density at radius 3 is 2.71 bits per heavy atom. The zero-order valence-electron chi connectivity index (χ0n) is 8.92. The average Bonchev–Trinajstić information content (AvgIpc) is 2.98. The third-order valence-electron chi connectivity index (χ3n) is 2.44. The third kappa shape index (κ3) is 1.78. The SMILES string of the molecule is Nc1ncc(-c2cc(-c3ccccc3)n[nH]2)o1. The monoisotopic (exact) mass is 226 g/mol. The van der Waals surface area contributed by atoms with Gasteiger partial charge >= 0.3 is 0 Å². The number of H-pyrrole nitrogens is 1. The Morgan fingerprint density at radius 2 is 2.00 bits per heavy atom. The summed E-state index contributed by atoms with van der Waals surface area (Å²) in [6.45, 7) is 0. The van der Waals surface area contributed by atoms with Crippen LogP contribution in [0.15, 0.2) is 47.0 Å². The van der Waals surface area contributed by atoms with Crippen molar-refractivity contribution in [1.82, 2.24) is 15.2 Å². The molecule has 84 valence electrons. The van der Waals surface area contributed by atoms with E-state index in [1.165, 1.54) is 0 Å². The molecule has 0 amide bonds. The normalized spacial score (nSPS) is 10.6. The number of anilines is 1. The molecule has 0 saturated carbocycles. The number of oxazole rings is 1. The summed E-state index contributed by atoms with van der Waals surface area (Å²) in [6, 6.07) is 11.9. The van der Waals surface area contributed by atoms with Gasteiger partial charge in [-0.05, 0) is 6.07 Å². The number of nitrogens with two attached hydrogens (primary N) is 1. The van der Waals surface area contributed by atoms with Crippen molar-refractivity contribution in [3.8, 4) is 22.7 Å². The van der Waals surface area contributed by atoms with Gasteiger partial charge in [0.25, 0.3) is 6.01 Å². The third-order valence-corrected chi connectivity index (χ3v) is 2.44. The minimum absolute atomic E-state index is 0.149. The maximum Gasteiger partial charge on any atom is 0.292 e. The summed E-state index contributed by atoms with van der Waals surface area (Å²) in [5.41, 5.74) is 8.08. The second-order valence-corrected chi connectivity index (χ2v) is 3.60. The first kappa shape index (κ1) is 9.65. The lowest BCUT2D eigenvalue weighted by Gasteiger charge is -1.92. The van der Waals surface area contributed by atoms with Crippen molar-refractivity contribution in [2.24, 2.45) is 0 Å². The standard InChI is InChI=1S/C12H10N4O/c13-12-14-7-11(17-12)10-6-9(15-16-10)8-4-2-1-3-5-8/h1-7H,(H2,13,14)(H,15,16). The fourth-order valence-corrected chi connectivity index (χ4v) is 1.62. The van der Waals surface area contributed by atoms with E-state index in [1.54, 1.807) is 6.20 Å². The highest BCUT2D eigenvalue weighted by Crippen LogP contribution is 2.24. The molecule has 3 rings (SSSR count). The number of rotatable bonds is 2.